The summed E-state index contributed by atoms with van der Waals surface area (Å²) in [5.41, 5.74) is 8.31. The van der Waals surface area contributed by atoms with Crippen LogP contribution in [0.15, 0.2) is 36.4 Å². The molecule has 1 atom stereocenters. The molecule has 2 N–H and O–H groups in total. The first-order chi connectivity index (χ1) is 10.8. The number of hydrogen-bond acceptors (Lipinski definition) is 2. The Balaban J connectivity index is 1.53. The number of benzene rings is 1. The van der Waals surface area contributed by atoms with E-state index in [1.54, 1.807) is 0 Å². The summed E-state index contributed by atoms with van der Waals surface area (Å²) in [6, 6.07) is 8.61. The highest BCUT2D eigenvalue weighted by molar-refractivity contribution is 5.76. The van der Waals surface area contributed by atoms with Crippen LogP contribution in [-0.4, -0.2) is 23.9 Å². The molecule has 0 bridgehead atoms. The van der Waals surface area contributed by atoms with Crippen LogP contribution in [0.4, 0.5) is 0 Å². The van der Waals surface area contributed by atoms with Crippen LogP contribution in [-0.2, 0) is 11.3 Å². The van der Waals surface area contributed by atoms with Gasteiger partial charge in [0.25, 0.3) is 0 Å². The van der Waals surface area contributed by atoms with Gasteiger partial charge in [-0.25, -0.2) is 0 Å². The van der Waals surface area contributed by atoms with E-state index in [1.165, 1.54) is 11.1 Å². The van der Waals surface area contributed by atoms with Crippen LogP contribution in [0.5, 0.6) is 0 Å². The van der Waals surface area contributed by atoms with Gasteiger partial charge in [0.1, 0.15) is 0 Å². The van der Waals surface area contributed by atoms with Gasteiger partial charge in [0.05, 0.1) is 0 Å². The van der Waals surface area contributed by atoms with Crippen LogP contribution < -0.4 is 5.73 Å². The van der Waals surface area contributed by atoms with E-state index in [1.807, 2.05) is 0 Å². The first kappa shape index (κ1) is 15.3. The zero-order valence-electron chi connectivity index (χ0n) is 13.2. The maximum Gasteiger partial charge on any atom is 0.223 e. The van der Waals surface area contributed by atoms with Crippen LogP contribution in [0.1, 0.15) is 49.1 Å². The molecule has 1 saturated heterocycles. The number of amides is 1. The highest BCUT2D eigenvalue weighted by Gasteiger charge is 2.25. The van der Waals surface area contributed by atoms with Crippen LogP contribution in [0, 0.1) is 5.92 Å². The largest absolute Gasteiger partial charge is 0.343 e. The van der Waals surface area contributed by atoms with E-state index in [0.717, 1.165) is 38.8 Å². The first-order valence-corrected chi connectivity index (χ1v) is 8.49. The van der Waals surface area contributed by atoms with Crippen molar-refractivity contribution in [2.24, 2.45) is 11.7 Å². The Morgan fingerprint density at radius 2 is 2.05 bits per heavy atom. The van der Waals surface area contributed by atoms with E-state index < -0.39 is 0 Å². The van der Waals surface area contributed by atoms with Crippen molar-refractivity contribution in [3.05, 3.63) is 47.5 Å². The SMILES string of the molecule is NCc1cccc(C2CCN(C(=O)CC3C=CCC3)CC2)c1. The van der Waals surface area contributed by atoms with Crippen LogP contribution in [0.3, 0.4) is 0 Å². The molecule has 1 aliphatic heterocycles. The van der Waals surface area contributed by atoms with E-state index in [-0.39, 0.29) is 0 Å². The van der Waals surface area contributed by atoms with Gasteiger partial charge in [-0.2, -0.15) is 0 Å². The summed E-state index contributed by atoms with van der Waals surface area (Å²) in [4.78, 5) is 14.4. The van der Waals surface area contributed by atoms with Crippen molar-refractivity contribution in [1.29, 1.82) is 0 Å². The van der Waals surface area contributed by atoms with Crippen molar-refractivity contribution in [2.75, 3.05) is 13.1 Å². The summed E-state index contributed by atoms with van der Waals surface area (Å²) in [5.74, 6) is 1.39. The van der Waals surface area contributed by atoms with Gasteiger partial charge >= 0.3 is 0 Å². The van der Waals surface area contributed by atoms with Crippen molar-refractivity contribution in [3.63, 3.8) is 0 Å². The second-order valence-electron chi connectivity index (χ2n) is 6.57. The van der Waals surface area contributed by atoms with Crippen molar-refractivity contribution in [2.45, 2.75) is 44.6 Å². The number of hydrogen-bond donors (Lipinski definition) is 1. The summed E-state index contributed by atoms with van der Waals surface area (Å²) >= 11 is 0. The predicted molar refractivity (Wildman–Crippen MR) is 89.4 cm³/mol. The molecule has 1 heterocycles. The molecule has 3 nitrogen and oxygen atoms in total. The predicted octanol–water partition coefficient (Wildman–Crippen LogP) is 3.21. The Bertz CT molecular complexity index is 544. The molecule has 1 fully saturated rings. The number of nitrogens with two attached hydrogens (primary N) is 1. The number of nitrogens with zero attached hydrogens (tertiary/aromatic N) is 1. The molecule has 3 rings (SSSR count). The van der Waals surface area contributed by atoms with Gasteiger partial charge in [0.2, 0.25) is 5.91 Å². The lowest BCUT2D eigenvalue weighted by Crippen LogP contribution is -2.38. The van der Waals surface area contributed by atoms with Crippen molar-refractivity contribution in [1.82, 2.24) is 4.90 Å². The summed E-state index contributed by atoms with van der Waals surface area (Å²) in [6.45, 7) is 2.39. The van der Waals surface area contributed by atoms with E-state index in [0.29, 0.717) is 30.7 Å². The number of piperidine rings is 1. The fourth-order valence-electron chi connectivity index (χ4n) is 3.65. The third kappa shape index (κ3) is 3.58. The molecule has 1 amide bonds. The zero-order valence-corrected chi connectivity index (χ0v) is 13.2. The van der Waals surface area contributed by atoms with Gasteiger partial charge in [0.15, 0.2) is 0 Å². The third-order valence-electron chi connectivity index (χ3n) is 5.05. The Morgan fingerprint density at radius 3 is 2.73 bits per heavy atom. The topological polar surface area (TPSA) is 46.3 Å². The van der Waals surface area contributed by atoms with Crippen molar-refractivity contribution < 1.29 is 4.79 Å². The van der Waals surface area contributed by atoms with Crippen molar-refractivity contribution >= 4 is 5.91 Å². The van der Waals surface area contributed by atoms with E-state index >= 15 is 0 Å². The molecular formula is C19H26N2O. The van der Waals surface area contributed by atoms with Gasteiger partial charge < -0.3 is 10.6 Å². The summed E-state index contributed by atoms with van der Waals surface area (Å²) in [6.07, 6.45) is 9.54. The second-order valence-corrected chi connectivity index (χ2v) is 6.57. The average molecular weight is 298 g/mol. The molecule has 1 aromatic carbocycles. The summed E-state index contributed by atoms with van der Waals surface area (Å²) in [5, 5.41) is 0. The summed E-state index contributed by atoms with van der Waals surface area (Å²) in [7, 11) is 0. The van der Waals surface area contributed by atoms with Crippen LogP contribution in [0.2, 0.25) is 0 Å². The normalized spacial score (nSPS) is 22.2. The van der Waals surface area contributed by atoms with Gasteiger partial charge in [-0.1, -0.05) is 36.4 Å². The minimum absolute atomic E-state index is 0.339. The van der Waals surface area contributed by atoms with E-state index in [9.17, 15) is 4.79 Å². The molecule has 1 aromatic rings. The number of allylic oxidation sites excluding steroid dienone is 2. The molecule has 0 saturated carbocycles. The van der Waals surface area contributed by atoms with Crippen LogP contribution in [0.25, 0.3) is 0 Å². The number of likely N-dealkylation sites (tertiary alicyclic amines) is 1. The number of rotatable bonds is 4. The van der Waals surface area contributed by atoms with E-state index in [2.05, 4.69) is 41.3 Å². The molecule has 118 valence electrons. The molecule has 0 aromatic heterocycles. The summed E-state index contributed by atoms with van der Waals surface area (Å²) < 4.78 is 0. The highest BCUT2D eigenvalue weighted by Crippen LogP contribution is 2.29. The number of carbonyl (C=O) groups is 1. The van der Waals surface area contributed by atoms with Gasteiger partial charge in [0, 0.05) is 26.1 Å². The Labute approximate surface area is 133 Å². The van der Waals surface area contributed by atoms with E-state index in [4.69, 9.17) is 5.73 Å². The molecule has 22 heavy (non-hydrogen) atoms. The third-order valence-corrected chi connectivity index (χ3v) is 5.05. The standard InChI is InChI=1S/C19H26N2O/c20-14-16-6-3-7-18(12-16)17-8-10-21(11-9-17)19(22)13-15-4-1-2-5-15/h1,3-4,6-7,12,15,17H,2,5,8-11,13-14,20H2. The van der Waals surface area contributed by atoms with Gasteiger partial charge in [-0.15, -0.1) is 0 Å². The minimum Gasteiger partial charge on any atom is -0.343 e. The maximum absolute atomic E-state index is 12.4. The second kappa shape index (κ2) is 7.10. The van der Waals surface area contributed by atoms with Gasteiger partial charge in [-0.3, -0.25) is 4.79 Å². The molecule has 0 spiro atoms. The lowest BCUT2D eigenvalue weighted by Gasteiger charge is -2.33. The molecule has 1 unspecified atom stereocenters. The molecule has 3 heteroatoms. The van der Waals surface area contributed by atoms with Gasteiger partial charge in [-0.05, 0) is 48.6 Å². The van der Waals surface area contributed by atoms with Crippen molar-refractivity contribution in [3.8, 4) is 0 Å². The Hall–Kier alpha value is -1.61. The maximum atomic E-state index is 12.4. The smallest absolute Gasteiger partial charge is 0.223 e. The Kier molecular flexibility index (Phi) is 4.94. The minimum atomic E-state index is 0.339. The Morgan fingerprint density at radius 1 is 1.23 bits per heavy atom. The average Bonchev–Trinajstić information content (AvgIpc) is 3.08. The first-order valence-electron chi connectivity index (χ1n) is 8.49. The molecule has 1 aliphatic carbocycles. The van der Waals surface area contributed by atoms with Crippen LogP contribution >= 0.6 is 0 Å². The fourth-order valence-corrected chi connectivity index (χ4v) is 3.65. The lowest BCUT2D eigenvalue weighted by atomic mass is 9.88. The quantitative estimate of drug-likeness (QED) is 0.868. The molecule has 0 radical (unpaired) electrons. The molecule has 2 aliphatic rings. The fraction of sp³-hybridized carbons (Fsp3) is 0.526. The number of carbonyl (C=O) groups excluding carboxylic acids is 1. The zero-order chi connectivity index (χ0) is 15.4. The highest BCUT2D eigenvalue weighted by atomic mass is 16.2. The monoisotopic (exact) mass is 298 g/mol. The lowest BCUT2D eigenvalue weighted by molar-refractivity contribution is -0.132. The molecular weight excluding hydrogens is 272 g/mol.